The second-order valence-corrected chi connectivity index (χ2v) is 6.22. The minimum Gasteiger partial charge on any atom is -0.488 e. The first-order chi connectivity index (χ1) is 13.4. The molecule has 0 spiro atoms. The van der Waals surface area contributed by atoms with Crippen molar-refractivity contribution in [2.24, 2.45) is 10.8 Å². The number of hydrogen-bond acceptors (Lipinski definition) is 8. The van der Waals surface area contributed by atoms with Gasteiger partial charge >= 0.3 is 0 Å². The summed E-state index contributed by atoms with van der Waals surface area (Å²) in [5, 5.41) is 8.03. The van der Waals surface area contributed by atoms with Gasteiger partial charge in [0.2, 0.25) is 0 Å². The van der Waals surface area contributed by atoms with E-state index < -0.39 is 11.9 Å². The lowest BCUT2D eigenvalue weighted by atomic mass is 10.1. The maximum atomic E-state index is 13.0. The molecular formula is C17H17ClFN7O2. The van der Waals surface area contributed by atoms with E-state index in [1.54, 1.807) is 19.2 Å². The van der Waals surface area contributed by atoms with E-state index in [0.29, 0.717) is 27.5 Å². The number of nitrogens with one attached hydrogen (secondary N) is 1. The first kappa shape index (κ1) is 19.6. The summed E-state index contributed by atoms with van der Waals surface area (Å²) in [6.07, 6.45) is 4.59. The molecule has 3 aromatic heterocycles. The van der Waals surface area contributed by atoms with Crippen LogP contribution >= 0.6 is 11.6 Å². The molecule has 0 aliphatic heterocycles. The highest BCUT2D eigenvalue weighted by molar-refractivity contribution is 6.34. The van der Waals surface area contributed by atoms with Crippen molar-refractivity contribution in [3.05, 3.63) is 58.8 Å². The zero-order valence-corrected chi connectivity index (χ0v) is 15.8. The fourth-order valence-electron chi connectivity index (χ4n) is 2.57. The Bertz CT molecular complexity index is 1030. The van der Waals surface area contributed by atoms with E-state index in [0.717, 1.165) is 12.4 Å². The van der Waals surface area contributed by atoms with Gasteiger partial charge < -0.3 is 15.2 Å². The topological polar surface area (TPSA) is 124 Å². The lowest BCUT2D eigenvalue weighted by Crippen LogP contribution is -2.16. The summed E-state index contributed by atoms with van der Waals surface area (Å²) in [6.45, 7) is 1.67. The first-order valence-electron chi connectivity index (χ1n) is 8.08. The number of pyridine rings is 1. The number of rotatable bonds is 7. The number of ether oxygens (including phenoxy) is 2. The van der Waals surface area contributed by atoms with Crippen molar-refractivity contribution in [3.63, 3.8) is 0 Å². The van der Waals surface area contributed by atoms with Gasteiger partial charge in [-0.05, 0) is 13.0 Å². The standard InChI is InChI=1S/C17H17ClFN7O2/c1-9(20)15(25-21)10-3-13(16-12(18)6-24-26(16)7-10)28-8-14(27-2)17-22-4-11(19)5-23-17/h3-7,14,21H,8,20H2,1-2H3/b15-9-,25-21?. The zero-order valence-electron chi connectivity index (χ0n) is 15.1. The second kappa shape index (κ2) is 8.28. The number of fused-ring (bicyclic) bond motifs is 1. The van der Waals surface area contributed by atoms with Crippen molar-refractivity contribution in [1.82, 2.24) is 19.6 Å². The Morgan fingerprint density at radius 3 is 2.71 bits per heavy atom. The molecule has 3 heterocycles. The SMILES string of the molecule is COC(COc1cc(/C(N=N)=C(\C)N)cn2ncc(Cl)c12)c1ncc(F)cn1. The zero-order chi connectivity index (χ0) is 20.3. The summed E-state index contributed by atoms with van der Waals surface area (Å²) in [6, 6.07) is 1.66. The van der Waals surface area contributed by atoms with E-state index in [9.17, 15) is 4.39 Å². The molecule has 146 valence electrons. The Morgan fingerprint density at radius 1 is 1.39 bits per heavy atom. The van der Waals surface area contributed by atoms with Crippen LogP contribution in [0.5, 0.6) is 5.75 Å². The van der Waals surface area contributed by atoms with Gasteiger partial charge in [-0.1, -0.05) is 11.6 Å². The van der Waals surface area contributed by atoms with Gasteiger partial charge in [0.15, 0.2) is 17.7 Å². The Kier molecular flexibility index (Phi) is 5.81. The number of nitrogens with two attached hydrogens (primary N) is 1. The minimum atomic E-state index is -0.641. The van der Waals surface area contributed by atoms with Crippen LogP contribution in [0.3, 0.4) is 0 Å². The summed E-state index contributed by atoms with van der Waals surface area (Å²) in [5.74, 6) is 0.109. The van der Waals surface area contributed by atoms with E-state index in [1.165, 1.54) is 17.8 Å². The third-order valence-electron chi connectivity index (χ3n) is 3.89. The Balaban J connectivity index is 1.97. The molecule has 0 amide bonds. The fraction of sp³-hybridized carbons (Fsp3) is 0.235. The second-order valence-electron chi connectivity index (χ2n) is 5.82. The number of aromatic nitrogens is 4. The predicted octanol–water partition coefficient (Wildman–Crippen LogP) is 3.36. The summed E-state index contributed by atoms with van der Waals surface area (Å²) in [4.78, 5) is 7.83. The lowest BCUT2D eigenvalue weighted by molar-refractivity contribution is 0.0515. The molecule has 28 heavy (non-hydrogen) atoms. The molecule has 0 aromatic carbocycles. The molecule has 0 aliphatic rings. The molecule has 0 radical (unpaired) electrons. The third-order valence-corrected chi connectivity index (χ3v) is 4.17. The molecule has 3 N–H and O–H groups in total. The molecule has 0 aliphatic carbocycles. The van der Waals surface area contributed by atoms with Gasteiger partial charge in [-0.2, -0.15) is 10.2 Å². The quantitative estimate of drug-likeness (QED) is 0.581. The number of hydrogen-bond donors (Lipinski definition) is 2. The molecule has 1 unspecified atom stereocenters. The average Bonchev–Trinajstić information content (AvgIpc) is 3.05. The number of methoxy groups -OCH3 is 1. The predicted molar refractivity (Wildman–Crippen MR) is 99.4 cm³/mol. The maximum Gasteiger partial charge on any atom is 0.160 e. The monoisotopic (exact) mass is 405 g/mol. The molecule has 9 nitrogen and oxygen atoms in total. The van der Waals surface area contributed by atoms with Crippen molar-refractivity contribution in [1.29, 1.82) is 5.53 Å². The average molecular weight is 406 g/mol. The van der Waals surface area contributed by atoms with E-state index >= 15 is 0 Å². The molecule has 3 rings (SSSR count). The van der Waals surface area contributed by atoms with Gasteiger partial charge in [0.05, 0.1) is 23.6 Å². The molecule has 3 aromatic rings. The highest BCUT2D eigenvalue weighted by Crippen LogP contribution is 2.32. The van der Waals surface area contributed by atoms with Crippen LogP contribution in [0.4, 0.5) is 4.39 Å². The van der Waals surface area contributed by atoms with Crippen LogP contribution in [0.2, 0.25) is 5.02 Å². The van der Waals surface area contributed by atoms with Crippen molar-refractivity contribution in [2.45, 2.75) is 13.0 Å². The van der Waals surface area contributed by atoms with Crippen LogP contribution in [-0.4, -0.2) is 33.3 Å². The minimum absolute atomic E-state index is 0.0292. The number of nitrogens with zero attached hydrogens (tertiary/aromatic N) is 5. The third kappa shape index (κ3) is 3.92. The first-order valence-corrected chi connectivity index (χ1v) is 8.46. The smallest absolute Gasteiger partial charge is 0.160 e. The van der Waals surface area contributed by atoms with Gasteiger partial charge in [-0.3, -0.25) is 0 Å². The summed E-state index contributed by atoms with van der Waals surface area (Å²) >= 11 is 6.23. The normalized spacial score (nSPS) is 13.3. The van der Waals surface area contributed by atoms with Crippen LogP contribution in [0.15, 0.2) is 41.7 Å². The van der Waals surface area contributed by atoms with E-state index in [1.807, 2.05) is 0 Å². The highest BCUT2D eigenvalue weighted by Gasteiger charge is 2.19. The van der Waals surface area contributed by atoms with Crippen molar-refractivity contribution in [2.75, 3.05) is 13.7 Å². The van der Waals surface area contributed by atoms with Crippen LogP contribution in [-0.2, 0) is 4.74 Å². The van der Waals surface area contributed by atoms with E-state index in [2.05, 4.69) is 20.2 Å². The Hall–Kier alpha value is -3.11. The van der Waals surface area contributed by atoms with Crippen LogP contribution in [0.25, 0.3) is 11.2 Å². The molecule has 1 atom stereocenters. The molecule has 0 saturated carbocycles. The molecular weight excluding hydrogens is 389 g/mol. The van der Waals surface area contributed by atoms with Crippen molar-refractivity contribution in [3.8, 4) is 5.75 Å². The van der Waals surface area contributed by atoms with Crippen molar-refractivity contribution >= 4 is 22.8 Å². The summed E-state index contributed by atoms with van der Waals surface area (Å²) in [7, 11) is 1.47. The molecule has 0 saturated heterocycles. The van der Waals surface area contributed by atoms with Gasteiger partial charge in [0, 0.05) is 24.6 Å². The van der Waals surface area contributed by atoms with E-state index in [-0.39, 0.29) is 18.1 Å². The Morgan fingerprint density at radius 2 is 2.11 bits per heavy atom. The molecule has 0 bridgehead atoms. The van der Waals surface area contributed by atoms with Gasteiger partial charge in [-0.15, -0.1) is 0 Å². The van der Waals surface area contributed by atoms with Crippen LogP contribution in [0.1, 0.15) is 24.4 Å². The Labute approximate surface area is 164 Å². The van der Waals surface area contributed by atoms with Crippen LogP contribution < -0.4 is 10.5 Å². The summed E-state index contributed by atoms with van der Waals surface area (Å²) < 4.78 is 25.8. The van der Waals surface area contributed by atoms with Gasteiger partial charge in [0.1, 0.15) is 23.6 Å². The number of halogens is 2. The van der Waals surface area contributed by atoms with Gasteiger partial charge in [-0.25, -0.2) is 24.4 Å². The maximum absolute atomic E-state index is 13.0. The van der Waals surface area contributed by atoms with Crippen LogP contribution in [0, 0.1) is 11.3 Å². The molecule has 11 heteroatoms. The summed E-state index contributed by atoms with van der Waals surface area (Å²) in [5.41, 5.74) is 14.9. The van der Waals surface area contributed by atoms with E-state index in [4.69, 9.17) is 32.3 Å². The van der Waals surface area contributed by atoms with Gasteiger partial charge in [0.25, 0.3) is 0 Å². The highest BCUT2D eigenvalue weighted by atomic mass is 35.5. The lowest BCUT2D eigenvalue weighted by Gasteiger charge is -2.16. The van der Waals surface area contributed by atoms with Crippen molar-refractivity contribution < 1.29 is 13.9 Å². The fourth-order valence-corrected chi connectivity index (χ4v) is 2.79. The number of allylic oxidation sites excluding steroid dienone is 1. The largest absolute Gasteiger partial charge is 0.488 e. The molecule has 0 fully saturated rings.